The first-order chi connectivity index (χ1) is 12.1. The smallest absolute Gasteiger partial charge is 0.371 e. The molecule has 1 aliphatic heterocycles. The number of quaternary nitrogens is 1. The lowest BCUT2D eigenvalue weighted by Crippen LogP contribution is -2.57. The third-order valence-corrected chi connectivity index (χ3v) is 9.18. The van der Waals surface area contributed by atoms with Gasteiger partial charge >= 0.3 is 8.84 Å². The highest BCUT2D eigenvalue weighted by molar-refractivity contribution is 6.38. The van der Waals surface area contributed by atoms with Crippen LogP contribution in [0.25, 0.3) is 5.70 Å². The predicted molar refractivity (Wildman–Crippen MR) is 103 cm³/mol. The van der Waals surface area contributed by atoms with E-state index in [9.17, 15) is 4.46 Å². The fourth-order valence-electron chi connectivity index (χ4n) is 5.04. The van der Waals surface area contributed by atoms with E-state index in [4.69, 9.17) is 0 Å². The van der Waals surface area contributed by atoms with Gasteiger partial charge in [-0.05, 0) is 50.2 Å². The van der Waals surface area contributed by atoms with Gasteiger partial charge in [0.15, 0.2) is 0 Å². The molecule has 0 radical (unpaired) electrons. The molecule has 4 rings (SSSR count). The van der Waals surface area contributed by atoms with Crippen LogP contribution in [0.2, 0.25) is 0 Å². The Labute approximate surface area is 153 Å². The predicted octanol–water partition coefficient (Wildman–Crippen LogP) is 4.09. The molecule has 3 aliphatic rings. The van der Waals surface area contributed by atoms with Crippen molar-refractivity contribution in [3.63, 3.8) is 0 Å². The van der Waals surface area contributed by atoms with E-state index in [0.29, 0.717) is 10.2 Å². The van der Waals surface area contributed by atoms with E-state index in [0.717, 1.165) is 13.1 Å². The van der Waals surface area contributed by atoms with E-state index < -0.39 is 8.84 Å². The first-order valence-electron chi connectivity index (χ1n) is 10.0. The molecule has 1 unspecified atom stereocenters. The molecule has 2 fully saturated rings. The maximum atomic E-state index is 13.8. The topological polar surface area (TPSA) is 20.3 Å². The SMILES string of the molecule is C[N+](C)(C1CCCCC1)[Si](=O)C1C=C(N2CCCC2)c2ccccc21. The van der Waals surface area contributed by atoms with E-state index >= 15 is 0 Å². The quantitative estimate of drug-likeness (QED) is 0.758. The van der Waals surface area contributed by atoms with Crippen LogP contribution in [0.4, 0.5) is 0 Å². The van der Waals surface area contributed by atoms with Crippen molar-refractivity contribution in [2.45, 2.75) is 56.5 Å². The maximum absolute atomic E-state index is 13.8. The van der Waals surface area contributed by atoms with Crippen LogP contribution in [0.3, 0.4) is 0 Å². The molecule has 4 heteroatoms. The average Bonchev–Trinajstić information content (AvgIpc) is 3.29. The molecule has 1 atom stereocenters. The summed E-state index contributed by atoms with van der Waals surface area (Å²) in [5, 5.41) is 0. The molecule has 1 aromatic carbocycles. The molecule has 2 aliphatic carbocycles. The summed E-state index contributed by atoms with van der Waals surface area (Å²) in [5.41, 5.74) is 4.08. The molecule has 0 aromatic heterocycles. The van der Waals surface area contributed by atoms with Gasteiger partial charge in [-0.3, -0.25) is 0 Å². The Morgan fingerprint density at radius 2 is 1.68 bits per heavy atom. The Bertz CT molecular complexity index is 685. The average molecular weight is 356 g/mol. The minimum atomic E-state index is -1.83. The van der Waals surface area contributed by atoms with Crippen LogP contribution in [0.1, 0.15) is 61.6 Å². The van der Waals surface area contributed by atoms with Crippen molar-refractivity contribution in [1.29, 1.82) is 0 Å². The first-order valence-corrected chi connectivity index (χ1v) is 11.5. The minimum absolute atomic E-state index is 0.105. The third-order valence-electron chi connectivity index (χ3n) is 6.66. The molecule has 0 spiro atoms. The molecule has 1 aromatic rings. The Morgan fingerprint density at radius 3 is 2.40 bits per heavy atom. The van der Waals surface area contributed by atoms with Crippen LogP contribution in [0.5, 0.6) is 0 Å². The Morgan fingerprint density at radius 1 is 1.00 bits per heavy atom. The molecule has 0 N–H and O–H groups in total. The largest absolute Gasteiger partial charge is 0.565 e. The number of likely N-dealkylation sites (tertiary alicyclic amines) is 1. The summed E-state index contributed by atoms with van der Waals surface area (Å²) >= 11 is 0. The van der Waals surface area contributed by atoms with Crippen molar-refractivity contribution in [2.24, 2.45) is 0 Å². The summed E-state index contributed by atoms with van der Waals surface area (Å²) in [6.07, 6.45) is 11.3. The maximum Gasteiger partial charge on any atom is 0.565 e. The van der Waals surface area contributed by atoms with E-state index in [1.54, 1.807) is 0 Å². The van der Waals surface area contributed by atoms with Crippen molar-refractivity contribution in [3.05, 3.63) is 41.5 Å². The lowest BCUT2D eigenvalue weighted by molar-refractivity contribution is -0.817. The van der Waals surface area contributed by atoms with Gasteiger partial charge in [-0.2, -0.15) is 0 Å². The zero-order valence-corrected chi connectivity index (χ0v) is 16.7. The Balaban J connectivity index is 1.65. The van der Waals surface area contributed by atoms with Gasteiger partial charge in [0.1, 0.15) is 5.54 Å². The van der Waals surface area contributed by atoms with Crippen LogP contribution >= 0.6 is 0 Å². The number of hydrogen-bond donors (Lipinski definition) is 0. The van der Waals surface area contributed by atoms with Crippen molar-refractivity contribution in [1.82, 2.24) is 4.90 Å². The van der Waals surface area contributed by atoms with Gasteiger partial charge < -0.3 is 13.5 Å². The van der Waals surface area contributed by atoms with Crippen molar-refractivity contribution < 1.29 is 8.61 Å². The monoisotopic (exact) mass is 355 g/mol. The molecule has 1 saturated carbocycles. The van der Waals surface area contributed by atoms with Crippen LogP contribution in [0.15, 0.2) is 30.3 Å². The van der Waals surface area contributed by atoms with Crippen molar-refractivity contribution in [3.8, 4) is 0 Å². The van der Waals surface area contributed by atoms with Gasteiger partial charge in [-0.25, -0.2) is 0 Å². The number of hydrogen-bond acceptors (Lipinski definition) is 2. The Kier molecular flexibility index (Phi) is 4.67. The standard InChI is InChI=1S/C21H31N2OSi/c1-23(2,17-10-4-3-5-11-17)25(24)21-16-20(22-14-8-9-15-22)18-12-6-7-13-19(18)21/h6-7,12-13,16-17,21H,3-5,8-11,14-15H2,1-2H3/q+1. The van der Waals surface area contributed by atoms with Crippen LogP contribution in [0, 0.1) is 0 Å². The van der Waals surface area contributed by atoms with Gasteiger partial charge in [0, 0.05) is 24.4 Å². The van der Waals surface area contributed by atoms with Gasteiger partial charge in [0.05, 0.1) is 20.1 Å². The van der Waals surface area contributed by atoms with Crippen molar-refractivity contribution in [2.75, 3.05) is 27.2 Å². The minimum Gasteiger partial charge on any atom is -0.371 e. The van der Waals surface area contributed by atoms with Gasteiger partial charge in [-0.1, -0.05) is 30.7 Å². The molecular formula is C21H31N2OSi+. The zero-order valence-electron chi connectivity index (χ0n) is 15.7. The highest BCUT2D eigenvalue weighted by atomic mass is 28.3. The number of rotatable bonds is 4. The second-order valence-corrected chi connectivity index (χ2v) is 10.9. The molecule has 0 amide bonds. The molecule has 25 heavy (non-hydrogen) atoms. The van der Waals surface area contributed by atoms with E-state index in [1.807, 2.05) is 0 Å². The summed E-state index contributed by atoms with van der Waals surface area (Å²) in [4.78, 5) is 2.51. The molecule has 0 bridgehead atoms. The first kappa shape index (κ1) is 17.2. The van der Waals surface area contributed by atoms with Gasteiger partial charge in [0.25, 0.3) is 0 Å². The highest BCUT2D eigenvalue weighted by Crippen LogP contribution is 2.41. The fraction of sp³-hybridized carbons (Fsp3) is 0.619. The molecule has 1 heterocycles. The fourth-order valence-corrected chi connectivity index (χ4v) is 7.20. The molecule has 1 saturated heterocycles. The molecule has 3 nitrogen and oxygen atoms in total. The number of fused-ring (bicyclic) bond motifs is 1. The molecule has 134 valence electrons. The summed E-state index contributed by atoms with van der Waals surface area (Å²) in [6, 6.07) is 9.25. The third kappa shape index (κ3) is 3.04. The summed E-state index contributed by atoms with van der Waals surface area (Å²) < 4.78 is 14.5. The van der Waals surface area contributed by atoms with Gasteiger partial charge in [-0.15, -0.1) is 0 Å². The van der Waals surface area contributed by atoms with E-state index in [1.165, 1.54) is 61.8 Å². The molecular weight excluding hydrogens is 324 g/mol. The van der Waals surface area contributed by atoms with Crippen LogP contribution < -0.4 is 0 Å². The normalized spacial score (nSPS) is 24.3. The lowest BCUT2D eigenvalue weighted by Gasteiger charge is -2.39. The highest BCUT2D eigenvalue weighted by Gasteiger charge is 2.46. The Hall–Kier alpha value is -1.26. The second kappa shape index (κ2) is 6.80. The van der Waals surface area contributed by atoms with Gasteiger partial charge in [0.2, 0.25) is 0 Å². The van der Waals surface area contributed by atoms with Crippen LogP contribution in [-0.4, -0.2) is 51.1 Å². The second-order valence-electron chi connectivity index (χ2n) is 8.48. The lowest BCUT2D eigenvalue weighted by atomic mass is 9.95. The van der Waals surface area contributed by atoms with E-state index in [2.05, 4.69) is 49.3 Å². The van der Waals surface area contributed by atoms with Crippen molar-refractivity contribution >= 4 is 14.5 Å². The van der Waals surface area contributed by atoms with E-state index in [-0.39, 0.29) is 5.54 Å². The number of allylic oxidation sites excluding steroid dienone is 1. The number of nitrogens with zero attached hydrogens (tertiary/aromatic N) is 2. The summed E-state index contributed by atoms with van der Waals surface area (Å²) in [5.74, 6) is 0. The summed E-state index contributed by atoms with van der Waals surface area (Å²) in [6.45, 7) is 2.30. The number of benzene rings is 1. The van der Waals surface area contributed by atoms with Crippen LogP contribution in [-0.2, 0) is 4.46 Å². The summed E-state index contributed by atoms with van der Waals surface area (Å²) in [7, 11) is 2.62. The zero-order chi connectivity index (χ0) is 17.4.